The summed E-state index contributed by atoms with van der Waals surface area (Å²) in [6, 6.07) is 8.36. The van der Waals surface area contributed by atoms with Crippen molar-refractivity contribution in [3.63, 3.8) is 0 Å². The van der Waals surface area contributed by atoms with Crippen molar-refractivity contribution in [2.24, 2.45) is 0 Å². The van der Waals surface area contributed by atoms with Gasteiger partial charge < -0.3 is 4.90 Å². The second-order valence-corrected chi connectivity index (χ2v) is 4.75. The SMILES string of the molecule is CN1C(=O)CCC2(CC2)c2ccccc21. The first-order valence-corrected chi connectivity index (χ1v) is 5.59. The van der Waals surface area contributed by atoms with Gasteiger partial charge in [0.15, 0.2) is 0 Å². The lowest BCUT2D eigenvalue weighted by atomic mass is 9.91. The normalized spacial score (nSPS) is 22.5. The summed E-state index contributed by atoms with van der Waals surface area (Å²) in [6.45, 7) is 0. The van der Waals surface area contributed by atoms with Gasteiger partial charge in [0.05, 0.1) is 0 Å². The van der Waals surface area contributed by atoms with E-state index in [1.54, 1.807) is 0 Å². The molecule has 1 fully saturated rings. The average Bonchev–Trinajstić information content (AvgIpc) is 3.06. The molecule has 1 aliphatic carbocycles. The van der Waals surface area contributed by atoms with E-state index in [2.05, 4.69) is 18.2 Å². The van der Waals surface area contributed by atoms with E-state index in [1.165, 1.54) is 18.4 Å². The van der Waals surface area contributed by atoms with Gasteiger partial charge in [0.1, 0.15) is 0 Å². The summed E-state index contributed by atoms with van der Waals surface area (Å²) in [5.74, 6) is 0.256. The van der Waals surface area contributed by atoms with Gasteiger partial charge in [0, 0.05) is 19.2 Å². The van der Waals surface area contributed by atoms with Crippen molar-refractivity contribution in [2.45, 2.75) is 31.1 Å². The Morgan fingerprint density at radius 1 is 1.20 bits per heavy atom. The average molecular weight is 201 g/mol. The van der Waals surface area contributed by atoms with Crippen LogP contribution in [0, 0.1) is 0 Å². The third kappa shape index (κ3) is 1.21. The summed E-state index contributed by atoms with van der Waals surface area (Å²) in [7, 11) is 1.89. The number of para-hydroxylation sites is 1. The van der Waals surface area contributed by atoms with Gasteiger partial charge in [-0.3, -0.25) is 4.79 Å². The van der Waals surface area contributed by atoms with Crippen molar-refractivity contribution in [2.75, 3.05) is 11.9 Å². The van der Waals surface area contributed by atoms with Crippen molar-refractivity contribution in [1.82, 2.24) is 0 Å². The van der Waals surface area contributed by atoms with E-state index in [4.69, 9.17) is 0 Å². The summed E-state index contributed by atoms with van der Waals surface area (Å²) < 4.78 is 0. The van der Waals surface area contributed by atoms with Crippen molar-refractivity contribution >= 4 is 11.6 Å². The summed E-state index contributed by atoms with van der Waals surface area (Å²) in [5.41, 5.74) is 2.85. The smallest absolute Gasteiger partial charge is 0.226 e. The Labute approximate surface area is 89.9 Å². The zero-order chi connectivity index (χ0) is 10.5. The van der Waals surface area contributed by atoms with Crippen LogP contribution in [0.15, 0.2) is 24.3 Å². The van der Waals surface area contributed by atoms with E-state index < -0.39 is 0 Å². The van der Waals surface area contributed by atoms with Gasteiger partial charge in [-0.05, 0) is 36.3 Å². The van der Waals surface area contributed by atoms with Crippen LogP contribution < -0.4 is 4.90 Å². The molecule has 0 saturated heterocycles. The maximum absolute atomic E-state index is 11.8. The molecule has 0 aromatic heterocycles. The number of hydrogen-bond acceptors (Lipinski definition) is 1. The van der Waals surface area contributed by atoms with Gasteiger partial charge >= 0.3 is 0 Å². The molecule has 0 atom stereocenters. The molecule has 3 rings (SSSR count). The highest BCUT2D eigenvalue weighted by Gasteiger charge is 2.47. The van der Waals surface area contributed by atoms with Gasteiger partial charge in [-0.25, -0.2) is 0 Å². The molecule has 1 aliphatic heterocycles. The van der Waals surface area contributed by atoms with Crippen molar-refractivity contribution < 1.29 is 4.79 Å². The Balaban J connectivity index is 2.17. The summed E-state index contributed by atoms with van der Waals surface area (Å²) in [4.78, 5) is 13.6. The van der Waals surface area contributed by atoms with Crippen LogP contribution in [0.4, 0.5) is 5.69 Å². The second-order valence-electron chi connectivity index (χ2n) is 4.75. The van der Waals surface area contributed by atoms with Crippen LogP contribution in [0.5, 0.6) is 0 Å². The first-order valence-electron chi connectivity index (χ1n) is 5.59. The molecule has 1 amide bonds. The molecule has 1 aromatic rings. The molecule has 0 bridgehead atoms. The zero-order valence-electron chi connectivity index (χ0n) is 8.99. The zero-order valence-corrected chi connectivity index (χ0v) is 8.99. The van der Waals surface area contributed by atoms with Crippen molar-refractivity contribution in [3.05, 3.63) is 29.8 Å². The molecule has 78 valence electrons. The summed E-state index contributed by atoms with van der Waals surface area (Å²) in [6.07, 6.45) is 4.24. The van der Waals surface area contributed by atoms with E-state index in [0.29, 0.717) is 11.8 Å². The van der Waals surface area contributed by atoms with E-state index >= 15 is 0 Å². The number of fused-ring (bicyclic) bond motifs is 2. The Kier molecular flexibility index (Phi) is 1.70. The Bertz CT molecular complexity index is 420. The molecule has 0 N–H and O–H groups in total. The largest absolute Gasteiger partial charge is 0.315 e. The van der Waals surface area contributed by atoms with E-state index in [9.17, 15) is 4.79 Å². The lowest BCUT2D eigenvalue weighted by Crippen LogP contribution is -2.24. The van der Waals surface area contributed by atoms with Gasteiger partial charge in [0.2, 0.25) is 5.91 Å². The molecule has 1 heterocycles. The lowest BCUT2D eigenvalue weighted by molar-refractivity contribution is -0.118. The van der Waals surface area contributed by atoms with Crippen LogP contribution >= 0.6 is 0 Å². The van der Waals surface area contributed by atoms with E-state index in [1.807, 2.05) is 18.0 Å². The number of carbonyl (C=O) groups excluding carboxylic acids is 1. The second kappa shape index (κ2) is 2.84. The first-order chi connectivity index (χ1) is 7.23. The molecule has 2 aliphatic rings. The van der Waals surface area contributed by atoms with Crippen LogP contribution in [0.1, 0.15) is 31.2 Å². The van der Waals surface area contributed by atoms with Crippen LogP contribution in [0.25, 0.3) is 0 Å². The number of hydrogen-bond donors (Lipinski definition) is 0. The minimum absolute atomic E-state index is 0.256. The fraction of sp³-hybridized carbons (Fsp3) is 0.462. The summed E-state index contributed by atoms with van der Waals surface area (Å²) >= 11 is 0. The number of anilines is 1. The van der Waals surface area contributed by atoms with Crippen LogP contribution in [-0.2, 0) is 10.2 Å². The molecule has 1 aromatic carbocycles. The molecule has 2 nitrogen and oxygen atoms in total. The monoisotopic (exact) mass is 201 g/mol. The fourth-order valence-electron chi connectivity index (χ4n) is 2.67. The van der Waals surface area contributed by atoms with E-state index in [-0.39, 0.29) is 5.91 Å². The van der Waals surface area contributed by atoms with Gasteiger partial charge in [-0.1, -0.05) is 18.2 Å². The van der Waals surface area contributed by atoms with Gasteiger partial charge in [-0.2, -0.15) is 0 Å². The predicted octanol–water partition coefficient (Wildman–Crippen LogP) is 2.47. The fourth-order valence-corrected chi connectivity index (χ4v) is 2.67. The van der Waals surface area contributed by atoms with Gasteiger partial charge in [0.25, 0.3) is 0 Å². The summed E-state index contributed by atoms with van der Waals surface area (Å²) in [5, 5.41) is 0. The number of carbonyl (C=O) groups is 1. The standard InChI is InChI=1S/C13H15NO/c1-14-11-5-3-2-4-10(11)13(8-9-13)7-6-12(14)15/h2-5H,6-9H2,1H3. The minimum atomic E-state index is 0.256. The Morgan fingerprint density at radius 2 is 1.93 bits per heavy atom. The molecule has 15 heavy (non-hydrogen) atoms. The van der Waals surface area contributed by atoms with Crippen LogP contribution in [0.2, 0.25) is 0 Å². The van der Waals surface area contributed by atoms with Crippen LogP contribution in [0.3, 0.4) is 0 Å². The number of nitrogens with zero attached hydrogens (tertiary/aromatic N) is 1. The van der Waals surface area contributed by atoms with Crippen LogP contribution in [-0.4, -0.2) is 13.0 Å². The number of rotatable bonds is 0. The number of amides is 1. The van der Waals surface area contributed by atoms with Gasteiger partial charge in [-0.15, -0.1) is 0 Å². The molecule has 0 radical (unpaired) electrons. The minimum Gasteiger partial charge on any atom is -0.315 e. The Hall–Kier alpha value is -1.31. The highest BCUT2D eigenvalue weighted by atomic mass is 16.2. The lowest BCUT2D eigenvalue weighted by Gasteiger charge is -2.19. The highest BCUT2D eigenvalue weighted by Crippen LogP contribution is 2.55. The molecule has 2 heteroatoms. The third-order valence-electron chi connectivity index (χ3n) is 3.88. The molecule has 1 saturated carbocycles. The van der Waals surface area contributed by atoms with Crippen molar-refractivity contribution in [3.8, 4) is 0 Å². The quantitative estimate of drug-likeness (QED) is 0.631. The molecular weight excluding hydrogens is 186 g/mol. The maximum Gasteiger partial charge on any atom is 0.226 e. The molecule has 1 spiro atoms. The third-order valence-corrected chi connectivity index (χ3v) is 3.88. The molecular formula is C13H15NO. The number of benzene rings is 1. The topological polar surface area (TPSA) is 20.3 Å². The highest BCUT2D eigenvalue weighted by molar-refractivity contribution is 5.95. The van der Waals surface area contributed by atoms with Crippen molar-refractivity contribution in [1.29, 1.82) is 0 Å². The molecule has 0 unspecified atom stereocenters. The first kappa shape index (κ1) is 8.96. The Morgan fingerprint density at radius 3 is 2.67 bits per heavy atom. The van der Waals surface area contributed by atoms with E-state index in [0.717, 1.165) is 12.1 Å². The predicted molar refractivity (Wildman–Crippen MR) is 60.0 cm³/mol. The maximum atomic E-state index is 11.8.